The Kier molecular flexibility index (Phi) is 8.97. The number of aliphatic hydroxyl groups is 1. The van der Waals surface area contributed by atoms with Crippen LogP contribution >= 0.6 is 0 Å². The van der Waals surface area contributed by atoms with Gasteiger partial charge >= 0.3 is 0 Å². The monoisotopic (exact) mass is 463 g/mol. The zero-order valence-electron chi connectivity index (χ0n) is 20.7. The maximum atomic E-state index is 12.3. The molecule has 0 aromatic heterocycles. The van der Waals surface area contributed by atoms with Crippen LogP contribution in [0.15, 0.2) is 72.8 Å². The van der Waals surface area contributed by atoms with Crippen molar-refractivity contribution >= 4 is 0 Å². The topological polar surface area (TPSA) is 62.2 Å². The van der Waals surface area contributed by atoms with Crippen molar-refractivity contribution in [3.8, 4) is 17.2 Å². The number of phenolic OH excluding ortho intramolecular Hbond substituents is 1. The molecule has 0 radical (unpaired) electrons. The van der Waals surface area contributed by atoms with Crippen molar-refractivity contribution in [3.05, 3.63) is 89.5 Å². The molecule has 0 bridgehead atoms. The van der Waals surface area contributed by atoms with Crippen LogP contribution in [0, 0.1) is 0 Å². The minimum atomic E-state index is -1.29. The third kappa shape index (κ3) is 5.72. The summed E-state index contributed by atoms with van der Waals surface area (Å²) in [6.07, 6.45) is 0.714. The highest BCUT2D eigenvalue weighted by Crippen LogP contribution is 2.45. The van der Waals surface area contributed by atoms with Crippen LogP contribution < -0.4 is 9.47 Å². The Bertz CT molecular complexity index is 998. The van der Waals surface area contributed by atoms with Crippen LogP contribution in [-0.2, 0) is 5.60 Å². The second kappa shape index (κ2) is 11.9. The van der Waals surface area contributed by atoms with E-state index in [0.717, 1.165) is 47.8 Å². The fourth-order valence-corrected chi connectivity index (χ4v) is 4.53. The summed E-state index contributed by atoms with van der Waals surface area (Å²) in [5, 5.41) is 22.2. The molecule has 34 heavy (non-hydrogen) atoms. The predicted octanol–water partition coefficient (Wildman–Crippen LogP) is 5.55. The van der Waals surface area contributed by atoms with Crippen LogP contribution in [0.3, 0.4) is 0 Å². The minimum Gasteiger partial charge on any atom is -0.508 e. The Morgan fingerprint density at radius 3 is 1.82 bits per heavy atom. The molecular weight excluding hydrogens is 426 g/mol. The highest BCUT2D eigenvalue weighted by molar-refractivity contribution is 5.45. The average molecular weight is 464 g/mol. The number of phenols is 1. The van der Waals surface area contributed by atoms with Gasteiger partial charge in [-0.15, -0.1) is 0 Å². The largest absolute Gasteiger partial charge is 0.508 e. The van der Waals surface area contributed by atoms with E-state index in [1.54, 1.807) is 31.4 Å². The van der Waals surface area contributed by atoms with Crippen molar-refractivity contribution in [1.29, 1.82) is 0 Å². The van der Waals surface area contributed by atoms with Crippen LogP contribution in [0.1, 0.15) is 49.8 Å². The van der Waals surface area contributed by atoms with Gasteiger partial charge in [0.05, 0.1) is 7.11 Å². The molecule has 0 saturated carbocycles. The molecule has 3 rings (SSSR count). The summed E-state index contributed by atoms with van der Waals surface area (Å²) in [5.74, 6) is 1.51. The van der Waals surface area contributed by atoms with Crippen LogP contribution in [0.2, 0.25) is 0 Å². The van der Waals surface area contributed by atoms with Gasteiger partial charge in [-0.05, 0) is 72.6 Å². The minimum absolute atomic E-state index is 0.167. The molecule has 0 aliphatic heterocycles. The summed E-state index contributed by atoms with van der Waals surface area (Å²) in [6.45, 7) is 9.87. The lowest BCUT2D eigenvalue weighted by molar-refractivity contribution is 0.0475. The molecule has 5 nitrogen and oxygen atoms in total. The van der Waals surface area contributed by atoms with Crippen molar-refractivity contribution in [2.75, 3.05) is 33.4 Å². The maximum absolute atomic E-state index is 12.3. The standard InChI is InChI=1S/C29H37NO4/c1-5-28(22-8-16-26(33-4)17-9-22)29(32,23-10-14-25(31)15-11-23)24-12-18-27(19-13-24)34-21-20-30(6-2)7-3/h8-19,28,31-32H,5-7,20-21H2,1-4H3. The Morgan fingerprint density at radius 1 is 0.794 bits per heavy atom. The number of nitrogens with zero attached hydrogens (tertiary/aromatic N) is 1. The molecule has 3 aromatic carbocycles. The van der Waals surface area contributed by atoms with Crippen LogP contribution in [0.4, 0.5) is 0 Å². The third-order valence-corrected chi connectivity index (χ3v) is 6.60. The normalized spacial score (nSPS) is 13.9. The Morgan fingerprint density at radius 2 is 1.32 bits per heavy atom. The molecule has 2 N–H and O–H groups in total. The van der Waals surface area contributed by atoms with Crippen LogP contribution in [0.5, 0.6) is 17.2 Å². The first kappa shape index (κ1) is 25.6. The fourth-order valence-electron chi connectivity index (χ4n) is 4.53. The number of rotatable bonds is 12. The Labute approximate surface area is 203 Å². The first-order valence-electron chi connectivity index (χ1n) is 12.1. The highest BCUT2D eigenvalue weighted by Gasteiger charge is 2.40. The SMILES string of the molecule is CCC(c1ccc(OC)cc1)C(O)(c1ccc(O)cc1)c1ccc(OCCN(CC)CC)cc1. The summed E-state index contributed by atoms with van der Waals surface area (Å²) < 4.78 is 11.3. The lowest BCUT2D eigenvalue weighted by Gasteiger charge is -2.37. The number of aromatic hydroxyl groups is 1. The molecule has 182 valence electrons. The predicted molar refractivity (Wildman–Crippen MR) is 137 cm³/mol. The zero-order chi connectivity index (χ0) is 24.6. The van der Waals surface area contributed by atoms with E-state index in [0.29, 0.717) is 13.0 Å². The summed E-state index contributed by atoms with van der Waals surface area (Å²) in [4.78, 5) is 2.32. The lowest BCUT2D eigenvalue weighted by Crippen LogP contribution is -2.34. The van der Waals surface area contributed by atoms with Crippen molar-refractivity contribution in [2.24, 2.45) is 0 Å². The average Bonchev–Trinajstić information content (AvgIpc) is 2.88. The van der Waals surface area contributed by atoms with Gasteiger partial charge in [0.2, 0.25) is 0 Å². The van der Waals surface area contributed by atoms with Crippen LogP contribution in [0.25, 0.3) is 0 Å². The lowest BCUT2D eigenvalue weighted by atomic mass is 9.72. The molecular formula is C29H37NO4. The van der Waals surface area contributed by atoms with E-state index in [9.17, 15) is 10.2 Å². The molecule has 2 unspecified atom stereocenters. The number of likely N-dealkylation sites (N-methyl/N-ethyl adjacent to an activating group) is 1. The van der Waals surface area contributed by atoms with Gasteiger partial charge in [0, 0.05) is 12.5 Å². The van der Waals surface area contributed by atoms with Crippen molar-refractivity contribution in [3.63, 3.8) is 0 Å². The molecule has 0 heterocycles. The smallest absolute Gasteiger partial charge is 0.121 e. The van der Waals surface area contributed by atoms with Gasteiger partial charge in [-0.1, -0.05) is 57.2 Å². The molecule has 0 aliphatic rings. The Balaban J connectivity index is 1.94. The fraction of sp³-hybridized carbons (Fsp3) is 0.379. The molecule has 0 saturated heterocycles. The van der Waals surface area contributed by atoms with E-state index in [4.69, 9.17) is 9.47 Å². The molecule has 3 aromatic rings. The van der Waals surface area contributed by atoms with Crippen molar-refractivity contribution < 1.29 is 19.7 Å². The van der Waals surface area contributed by atoms with Crippen molar-refractivity contribution in [1.82, 2.24) is 4.90 Å². The molecule has 2 atom stereocenters. The quantitative estimate of drug-likeness (QED) is 0.369. The van der Waals surface area contributed by atoms with Gasteiger partial charge in [-0.25, -0.2) is 0 Å². The van der Waals surface area contributed by atoms with Crippen LogP contribution in [-0.4, -0.2) is 48.5 Å². The van der Waals surface area contributed by atoms with E-state index in [-0.39, 0.29) is 11.7 Å². The van der Waals surface area contributed by atoms with Gasteiger partial charge in [0.25, 0.3) is 0 Å². The third-order valence-electron chi connectivity index (χ3n) is 6.60. The molecule has 0 amide bonds. The number of methoxy groups -OCH3 is 1. The van der Waals surface area contributed by atoms with Gasteiger partial charge in [0.1, 0.15) is 29.5 Å². The van der Waals surface area contributed by atoms with Gasteiger partial charge in [0.15, 0.2) is 0 Å². The second-order valence-corrected chi connectivity index (χ2v) is 8.45. The molecule has 0 spiro atoms. The van der Waals surface area contributed by atoms with Gasteiger partial charge in [-0.2, -0.15) is 0 Å². The number of hydrogen-bond donors (Lipinski definition) is 2. The number of hydrogen-bond acceptors (Lipinski definition) is 5. The number of benzene rings is 3. The van der Waals surface area contributed by atoms with Gasteiger partial charge in [-0.3, -0.25) is 0 Å². The van der Waals surface area contributed by atoms with E-state index in [1.807, 2.05) is 48.5 Å². The molecule has 0 aliphatic carbocycles. The van der Waals surface area contributed by atoms with E-state index < -0.39 is 5.60 Å². The van der Waals surface area contributed by atoms with E-state index in [1.165, 1.54) is 0 Å². The number of ether oxygens (including phenoxy) is 2. The molecule has 0 fully saturated rings. The van der Waals surface area contributed by atoms with E-state index >= 15 is 0 Å². The Hall–Kier alpha value is -3.02. The molecule has 5 heteroatoms. The first-order valence-corrected chi connectivity index (χ1v) is 12.1. The van der Waals surface area contributed by atoms with Crippen molar-refractivity contribution in [2.45, 2.75) is 38.7 Å². The summed E-state index contributed by atoms with van der Waals surface area (Å²) in [5.41, 5.74) is 1.22. The summed E-state index contributed by atoms with van der Waals surface area (Å²) in [6, 6.07) is 22.4. The summed E-state index contributed by atoms with van der Waals surface area (Å²) >= 11 is 0. The van der Waals surface area contributed by atoms with E-state index in [2.05, 4.69) is 25.7 Å². The summed E-state index contributed by atoms with van der Waals surface area (Å²) in [7, 11) is 1.64. The first-order chi connectivity index (χ1) is 16.5. The zero-order valence-corrected chi connectivity index (χ0v) is 20.7. The second-order valence-electron chi connectivity index (χ2n) is 8.45. The van der Waals surface area contributed by atoms with Gasteiger partial charge < -0.3 is 24.6 Å². The highest BCUT2D eigenvalue weighted by atomic mass is 16.5. The maximum Gasteiger partial charge on any atom is 0.121 e.